The van der Waals surface area contributed by atoms with E-state index in [1.807, 2.05) is 6.07 Å². The van der Waals surface area contributed by atoms with Crippen LogP contribution in [0.2, 0.25) is 0 Å². The summed E-state index contributed by atoms with van der Waals surface area (Å²) in [5, 5.41) is 4.63. The fraction of sp³-hybridized carbons (Fsp3) is 0.263. The van der Waals surface area contributed by atoms with Crippen LogP contribution in [0.15, 0.2) is 52.9 Å². The van der Waals surface area contributed by atoms with E-state index in [1.165, 1.54) is 16.5 Å². The second kappa shape index (κ2) is 5.74. The molecule has 1 N–H and O–H groups in total. The lowest BCUT2D eigenvalue weighted by atomic mass is 10.0. The van der Waals surface area contributed by atoms with Gasteiger partial charge in [-0.05, 0) is 18.1 Å². The number of para-hydroxylation sites is 1. The van der Waals surface area contributed by atoms with Gasteiger partial charge in [0, 0.05) is 17.0 Å². The molecule has 21 heavy (non-hydrogen) atoms. The highest BCUT2D eigenvalue weighted by Crippen LogP contribution is 2.33. The summed E-state index contributed by atoms with van der Waals surface area (Å²) < 4.78 is 6.17. The largest absolute Gasteiger partial charge is 0.459 e. The van der Waals surface area contributed by atoms with Gasteiger partial charge in [-0.15, -0.1) is 0 Å². The highest BCUT2D eigenvalue weighted by Gasteiger charge is 2.14. The van der Waals surface area contributed by atoms with Gasteiger partial charge in [0.25, 0.3) is 0 Å². The van der Waals surface area contributed by atoms with Gasteiger partial charge in [0.2, 0.25) is 0 Å². The first kappa shape index (κ1) is 13.9. The molecule has 0 amide bonds. The predicted molar refractivity (Wildman–Crippen MR) is 88.4 cm³/mol. The maximum atomic E-state index is 6.17. The fourth-order valence-electron chi connectivity index (χ4n) is 2.60. The SMILES string of the molecule is Cc1c(CNC(C)C)oc2c(-c3ccccc3)cccc12. The van der Waals surface area contributed by atoms with Crippen LogP contribution < -0.4 is 5.32 Å². The van der Waals surface area contributed by atoms with Gasteiger partial charge in [-0.1, -0.05) is 62.4 Å². The molecule has 108 valence electrons. The van der Waals surface area contributed by atoms with Crippen LogP contribution in [0.25, 0.3) is 22.1 Å². The number of hydrogen-bond acceptors (Lipinski definition) is 2. The Balaban J connectivity index is 2.09. The van der Waals surface area contributed by atoms with E-state index in [1.54, 1.807) is 0 Å². The van der Waals surface area contributed by atoms with Gasteiger partial charge in [0.15, 0.2) is 0 Å². The normalized spacial score (nSPS) is 11.4. The molecule has 0 aliphatic heterocycles. The average molecular weight is 279 g/mol. The zero-order valence-corrected chi connectivity index (χ0v) is 12.8. The minimum absolute atomic E-state index is 0.450. The number of nitrogens with one attached hydrogen (secondary N) is 1. The van der Waals surface area contributed by atoms with Crippen molar-refractivity contribution in [2.45, 2.75) is 33.4 Å². The minimum atomic E-state index is 0.450. The summed E-state index contributed by atoms with van der Waals surface area (Å²) in [5.41, 5.74) is 4.57. The zero-order chi connectivity index (χ0) is 14.8. The van der Waals surface area contributed by atoms with E-state index in [4.69, 9.17) is 4.42 Å². The van der Waals surface area contributed by atoms with Crippen LogP contribution in [-0.4, -0.2) is 6.04 Å². The Bertz CT molecular complexity index is 741. The molecule has 3 aromatic rings. The Morgan fingerprint density at radius 2 is 1.76 bits per heavy atom. The van der Waals surface area contributed by atoms with Crippen LogP contribution in [0.3, 0.4) is 0 Å². The van der Waals surface area contributed by atoms with Crippen molar-refractivity contribution < 1.29 is 4.42 Å². The highest BCUT2D eigenvalue weighted by atomic mass is 16.3. The van der Waals surface area contributed by atoms with Crippen molar-refractivity contribution >= 4 is 11.0 Å². The van der Waals surface area contributed by atoms with Crippen LogP contribution in [-0.2, 0) is 6.54 Å². The van der Waals surface area contributed by atoms with Crippen molar-refractivity contribution in [1.29, 1.82) is 0 Å². The quantitative estimate of drug-likeness (QED) is 0.734. The predicted octanol–water partition coefficient (Wildman–Crippen LogP) is 4.91. The number of aryl methyl sites for hydroxylation is 1. The third kappa shape index (κ3) is 2.72. The van der Waals surface area contributed by atoms with Crippen molar-refractivity contribution in [1.82, 2.24) is 5.32 Å². The van der Waals surface area contributed by atoms with Crippen molar-refractivity contribution in [2.24, 2.45) is 0 Å². The Morgan fingerprint density at radius 3 is 2.48 bits per heavy atom. The van der Waals surface area contributed by atoms with Crippen LogP contribution in [0.1, 0.15) is 25.2 Å². The Morgan fingerprint density at radius 1 is 1.00 bits per heavy atom. The lowest BCUT2D eigenvalue weighted by molar-refractivity contribution is 0.486. The second-order valence-electron chi connectivity index (χ2n) is 5.73. The van der Waals surface area contributed by atoms with Gasteiger partial charge in [-0.3, -0.25) is 0 Å². The van der Waals surface area contributed by atoms with Gasteiger partial charge >= 0.3 is 0 Å². The monoisotopic (exact) mass is 279 g/mol. The van der Waals surface area contributed by atoms with E-state index >= 15 is 0 Å². The standard InChI is InChI=1S/C19H21NO/c1-13(2)20-12-18-14(3)16-10-7-11-17(19(16)21-18)15-8-5-4-6-9-15/h4-11,13,20H,12H2,1-3H3. The molecule has 2 nitrogen and oxygen atoms in total. The molecule has 2 aromatic carbocycles. The molecule has 2 heteroatoms. The molecule has 1 heterocycles. The van der Waals surface area contributed by atoms with Crippen molar-refractivity contribution in [3.05, 3.63) is 59.9 Å². The van der Waals surface area contributed by atoms with Gasteiger partial charge in [0.1, 0.15) is 11.3 Å². The average Bonchev–Trinajstić information content (AvgIpc) is 2.83. The number of fused-ring (bicyclic) bond motifs is 1. The van der Waals surface area contributed by atoms with Crippen molar-refractivity contribution in [2.75, 3.05) is 0 Å². The molecule has 0 aliphatic carbocycles. The van der Waals surface area contributed by atoms with Crippen LogP contribution >= 0.6 is 0 Å². The summed E-state index contributed by atoms with van der Waals surface area (Å²) in [7, 11) is 0. The van der Waals surface area contributed by atoms with Gasteiger partial charge < -0.3 is 9.73 Å². The lowest BCUT2D eigenvalue weighted by Crippen LogP contribution is -2.21. The van der Waals surface area contributed by atoms with Crippen LogP contribution in [0.5, 0.6) is 0 Å². The van der Waals surface area contributed by atoms with E-state index in [-0.39, 0.29) is 0 Å². The third-order valence-corrected chi connectivity index (χ3v) is 3.82. The molecule has 0 bridgehead atoms. The maximum absolute atomic E-state index is 6.17. The number of hydrogen-bond donors (Lipinski definition) is 1. The number of benzene rings is 2. The van der Waals surface area contributed by atoms with E-state index in [9.17, 15) is 0 Å². The highest BCUT2D eigenvalue weighted by molar-refractivity contribution is 5.94. The smallest absolute Gasteiger partial charge is 0.142 e. The number of rotatable bonds is 4. The molecular formula is C19H21NO. The second-order valence-corrected chi connectivity index (χ2v) is 5.73. The molecule has 3 rings (SSSR count). The van der Waals surface area contributed by atoms with Crippen molar-refractivity contribution in [3.63, 3.8) is 0 Å². The molecular weight excluding hydrogens is 258 g/mol. The molecule has 0 atom stereocenters. The Labute approximate surface area is 125 Å². The molecule has 0 radical (unpaired) electrons. The summed E-state index contributed by atoms with van der Waals surface area (Å²) in [6.07, 6.45) is 0. The molecule has 0 fully saturated rings. The number of furan rings is 1. The topological polar surface area (TPSA) is 25.2 Å². The zero-order valence-electron chi connectivity index (χ0n) is 12.8. The van der Waals surface area contributed by atoms with Gasteiger partial charge in [-0.25, -0.2) is 0 Å². The van der Waals surface area contributed by atoms with Gasteiger partial charge in [0.05, 0.1) is 6.54 Å². The summed E-state index contributed by atoms with van der Waals surface area (Å²) in [6, 6.07) is 17.2. The minimum Gasteiger partial charge on any atom is -0.459 e. The summed E-state index contributed by atoms with van der Waals surface area (Å²) >= 11 is 0. The molecule has 0 aliphatic rings. The molecule has 0 unspecified atom stereocenters. The van der Waals surface area contributed by atoms with E-state index < -0.39 is 0 Å². The first-order valence-corrected chi connectivity index (χ1v) is 7.46. The summed E-state index contributed by atoms with van der Waals surface area (Å²) in [5.74, 6) is 1.03. The Kier molecular flexibility index (Phi) is 3.80. The first-order valence-electron chi connectivity index (χ1n) is 7.46. The van der Waals surface area contributed by atoms with Crippen LogP contribution in [0.4, 0.5) is 0 Å². The van der Waals surface area contributed by atoms with E-state index in [0.717, 1.165) is 23.5 Å². The summed E-state index contributed by atoms with van der Waals surface area (Å²) in [6.45, 7) is 7.20. The van der Waals surface area contributed by atoms with Crippen LogP contribution in [0, 0.1) is 6.92 Å². The van der Waals surface area contributed by atoms with Crippen molar-refractivity contribution in [3.8, 4) is 11.1 Å². The van der Waals surface area contributed by atoms with E-state index in [0.29, 0.717) is 6.04 Å². The molecule has 0 saturated carbocycles. The third-order valence-electron chi connectivity index (χ3n) is 3.82. The summed E-state index contributed by atoms with van der Waals surface area (Å²) in [4.78, 5) is 0. The van der Waals surface area contributed by atoms with E-state index in [2.05, 4.69) is 68.6 Å². The maximum Gasteiger partial charge on any atom is 0.142 e. The van der Waals surface area contributed by atoms with Gasteiger partial charge in [-0.2, -0.15) is 0 Å². The molecule has 1 aromatic heterocycles. The first-order chi connectivity index (χ1) is 10.2. The lowest BCUT2D eigenvalue weighted by Gasteiger charge is -2.06. The fourth-order valence-corrected chi connectivity index (χ4v) is 2.60. The Hall–Kier alpha value is -2.06. The molecule has 0 spiro atoms. The molecule has 0 saturated heterocycles.